The van der Waals surface area contributed by atoms with E-state index in [0.717, 1.165) is 6.42 Å². The van der Waals surface area contributed by atoms with Crippen molar-refractivity contribution in [2.45, 2.75) is 120 Å². The number of rotatable bonds is 3. The van der Waals surface area contributed by atoms with E-state index >= 15 is 0 Å². The third-order valence-corrected chi connectivity index (χ3v) is 9.79. The summed E-state index contributed by atoms with van der Waals surface area (Å²) in [6, 6.07) is 13.7. The van der Waals surface area contributed by atoms with E-state index in [-0.39, 0.29) is 18.3 Å². The summed E-state index contributed by atoms with van der Waals surface area (Å²) >= 11 is 5.88. The Bertz CT molecular complexity index is 948. The largest absolute Gasteiger partial charge is 0.145 e. The first kappa shape index (κ1) is 31.1. The Kier molecular flexibility index (Phi) is 10.5. The summed E-state index contributed by atoms with van der Waals surface area (Å²) in [6.07, 6.45) is 2.27. The molecule has 3 heteroatoms. The highest BCUT2D eigenvalue weighted by Gasteiger charge is 2.19. The van der Waals surface area contributed by atoms with E-state index in [4.69, 9.17) is 0 Å². The van der Waals surface area contributed by atoms with Crippen LogP contribution >= 0.6 is 34.0 Å². The molecule has 0 radical (unpaired) electrons. The monoisotopic (exact) mass is 518 g/mol. The molecule has 0 unspecified atom stereocenters. The number of thiophene rings is 3. The quantitative estimate of drug-likeness (QED) is 0.323. The van der Waals surface area contributed by atoms with E-state index in [9.17, 15) is 0 Å². The van der Waals surface area contributed by atoms with Crippen LogP contribution in [0.1, 0.15) is 120 Å². The van der Waals surface area contributed by atoms with Crippen molar-refractivity contribution in [1.82, 2.24) is 0 Å². The van der Waals surface area contributed by atoms with Gasteiger partial charge < -0.3 is 0 Å². The van der Waals surface area contributed by atoms with Crippen LogP contribution < -0.4 is 0 Å². The molecule has 0 aromatic carbocycles. The third-order valence-electron chi connectivity index (χ3n) is 5.26. The lowest BCUT2D eigenvalue weighted by molar-refractivity contribution is 0.414. The third kappa shape index (κ3) is 9.99. The Morgan fingerprint density at radius 3 is 1.03 bits per heavy atom. The molecule has 0 saturated carbocycles. The first-order valence-electron chi connectivity index (χ1n) is 12.1. The smallest absolute Gasteiger partial charge is 0.0163 e. The second-order valence-corrected chi connectivity index (χ2v) is 17.0. The average Bonchev–Trinajstić information content (AvgIpc) is 3.32. The normalized spacial score (nSPS) is 12.7. The van der Waals surface area contributed by atoms with Crippen LogP contribution in [-0.4, -0.2) is 0 Å². The molecular weight excluding hydrogens is 469 g/mol. The summed E-state index contributed by atoms with van der Waals surface area (Å²) in [7, 11) is 0. The average molecular weight is 519 g/mol. The van der Waals surface area contributed by atoms with Gasteiger partial charge in [0.15, 0.2) is 0 Å². The van der Waals surface area contributed by atoms with Crippen molar-refractivity contribution in [3.63, 3.8) is 0 Å². The second-order valence-electron chi connectivity index (χ2n) is 13.5. The maximum Gasteiger partial charge on any atom is 0.0163 e. The fourth-order valence-corrected chi connectivity index (χ4v) is 6.96. The Hall–Kier alpha value is -0.900. The highest BCUT2D eigenvalue weighted by molar-refractivity contribution is 7.13. The fraction of sp³-hybridized carbons (Fsp3) is 0.613. The number of hydrogen-bond donors (Lipinski definition) is 0. The fourth-order valence-electron chi connectivity index (χ4n) is 3.32. The lowest BCUT2D eigenvalue weighted by Gasteiger charge is -2.17. The molecule has 0 nitrogen and oxygen atoms in total. The van der Waals surface area contributed by atoms with Crippen molar-refractivity contribution in [1.29, 1.82) is 0 Å². The Morgan fingerprint density at radius 2 is 0.765 bits per heavy atom. The molecule has 0 aliphatic rings. The summed E-state index contributed by atoms with van der Waals surface area (Å²) in [5.74, 6) is 0. The molecule has 3 heterocycles. The Labute approximate surface area is 223 Å². The molecule has 0 aliphatic heterocycles. The molecule has 0 aliphatic carbocycles. The van der Waals surface area contributed by atoms with Gasteiger partial charge in [0.25, 0.3) is 0 Å². The Morgan fingerprint density at radius 1 is 0.471 bits per heavy atom. The van der Waals surface area contributed by atoms with E-state index in [1.54, 1.807) is 0 Å². The summed E-state index contributed by atoms with van der Waals surface area (Å²) < 4.78 is 0. The van der Waals surface area contributed by atoms with Gasteiger partial charge in [0, 0.05) is 35.7 Å². The zero-order valence-corrected chi connectivity index (χ0v) is 25.6. The molecule has 0 fully saturated rings. The van der Waals surface area contributed by atoms with Gasteiger partial charge in [-0.05, 0) is 64.5 Å². The van der Waals surface area contributed by atoms with Crippen LogP contribution in [-0.2, 0) is 29.1 Å². The van der Waals surface area contributed by atoms with Gasteiger partial charge in [-0.1, -0.05) is 90.5 Å². The minimum Gasteiger partial charge on any atom is -0.145 e. The van der Waals surface area contributed by atoms with Crippen molar-refractivity contribution in [3.05, 3.63) is 65.7 Å². The van der Waals surface area contributed by atoms with Gasteiger partial charge in [0.1, 0.15) is 0 Å². The maximum atomic E-state index is 2.30. The van der Waals surface area contributed by atoms with Crippen LogP contribution in [0.4, 0.5) is 0 Å². The van der Waals surface area contributed by atoms with Gasteiger partial charge >= 0.3 is 0 Å². The standard InChI is InChI=1S/C17H24S2.C13H22S.CH4/c1-16(2,3)14-9-7-12(18-14)11-13-8-10-15(19-13)17(4,5)6;1-12(2,3)9-10-7-8-11(14-10)13(4,5)6;/h7-10H,11H2,1-6H3;7-8H,9H2,1-6H3;1H4. The predicted molar refractivity (Wildman–Crippen MR) is 162 cm³/mol. The molecule has 34 heavy (non-hydrogen) atoms. The highest BCUT2D eigenvalue weighted by Crippen LogP contribution is 2.34. The van der Waals surface area contributed by atoms with Crippen LogP contribution in [0.25, 0.3) is 0 Å². The predicted octanol–water partition coefficient (Wildman–Crippen LogP) is 11.3. The van der Waals surface area contributed by atoms with Gasteiger partial charge in [0.05, 0.1) is 0 Å². The van der Waals surface area contributed by atoms with Crippen molar-refractivity contribution in [2.75, 3.05) is 0 Å². The molecule has 3 aromatic heterocycles. The Balaban J connectivity index is 0.000000346. The van der Waals surface area contributed by atoms with Crippen molar-refractivity contribution < 1.29 is 0 Å². The SMILES string of the molecule is C.CC(C)(C)Cc1ccc(C(C)(C)C)s1.CC(C)(C)c1ccc(Cc2ccc(C(C)(C)C)s2)s1. The first-order chi connectivity index (χ1) is 14.8. The van der Waals surface area contributed by atoms with E-state index < -0.39 is 0 Å². The molecule has 0 atom stereocenters. The van der Waals surface area contributed by atoms with E-state index in [1.165, 1.54) is 35.7 Å². The van der Waals surface area contributed by atoms with Gasteiger partial charge in [-0.3, -0.25) is 0 Å². The topological polar surface area (TPSA) is 0 Å². The number of hydrogen-bond acceptors (Lipinski definition) is 3. The van der Waals surface area contributed by atoms with Gasteiger partial charge in [-0.15, -0.1) is 34.0 Å². The van der Waals surface area contributed by atoms with Crippen LogP contribution in [0.3, 0.4) is 0 Å². The van der Waals surface area contributed by atoms with Gasteiger partial charge in [-0.25, -0.2) is 0 Å². The molecule has 0 saturated heterocycles. The zero-order chi connectivity index (χ0) is 25.2. The van der Waals surface area contributed by atoms with Gasteiger partial charge in [-0.2, -0.15) is 0 Å². The minimum atomic E-state index is 0. The lowest BCUT2D eigenvalue weighted by Crippen LogP contribution is -2.09. The molecule has 192 valence electrons. The molecule has 0 amide bonds. The first-order valence-corrected chi connectivity index (χ1v) is 14.6. The molecule has 3 aromatic rings. The zero-order valence-electron chi connectivity index (χ0n) is 23.1. The highest BCUT2D eigenvalue weighted by atomic mass is 32.1. The van der Waals surface area contributed by atoms with Crippen LogP contribution in [0.15, 0.2) is 36.4 Å². The summed E-state index contributed by atoms with van der Waals surface area (Å²) in [6.45, 7) is 27.4. The van der Waals surface area contributed by atoms with Crippen molar-refractivity contribution in [3.8, 4) is 0 Å². The molecule has 0 bridgehead atoms. The molecule has 0 spiro atoms. The second kappa shape index (κ2) is 11.4. The summed E-state index contributed by atoms with van der Waals surface area (Å²) in [5.41, 5.74) is 1.25. The van der Waals surface area contributed by atoms with Crippen LogP contribution in [0.5, 0.6) is 0 Å². The van der Waals surface area contributed by atoms with Crippen LogP contribution in [0, 0.1) is 5.41 Å². The van der Waals surface area contributed by atoms with E-state index in [1.807, 2.05) is 34.0 Å². The van der Waals surface area contributed by atoms with Crippen LogP contribution in [0.2, 0.25) is 0 Å². The van der Waals surface area contributed by atoms with Crippen molar-refractivity contribution in [2.24, 2.45) is 5.41 Å². The minimum absolute atomic E-state index is 0. The summed E-state index contributed by atoms with van der Waals surface area (Å²) in [4.78, 5) is 8.93. The molecular formula is C31H50S3. The summed E-state index contributed by atoms with van der Waals surface area (Å²) in [5, 5.41) is 0. The maximum absolute atomic E-state index is 2.30. The van der Waals surface area contributed by atoms with Crippen molar-refractivity contribution >= 4 is 34.0 Å². The molecule has 0 N–H and O–H groups in total. The lowest BCUT2D eigenvalue weighted by atomic mass is 9.91. The van der Waals surface area contributed by atoms with Gasteiger partial charge in [0.2, 0.25) is 0 Å². The van der Waals surface area contributed by atoms with E-state index in [0.29, 0.717) is 10.8 Å². The van der Waals surface area contributed by atoms with E-state index in [2.05, 4.69) is 119 Å². The molecule has 3 rings (SSSR count).